The van der Waals surface area contributed by atoms with Crippen LogP contribution in [0.2, 0.25) is 0 Å². The topological polar surface area (TPSA) is 72.6 Å². The van der Waals surface area contributed by atoms with E-state index in [2.05, 4.69) is 11.1 Å². The fourth-order valence-electron chi connectivity index (χ4n) is 2.06. The van der Waals surface area contributed by atoms with Crippen LogP contribution in [0.25, 0.3) is 11.0 Å². The zero-order chi connectivity index (χ0) is 15.1. The Bertz CT molecular complexity index is 809. The first-order valence-electron chi connectivity index (χ1n) is 5.73. The smallest absolute Gasteiger partial charge is 0.416 e. The molecule has 1 aromatic carbocycles. The van der Waals surface area contributed by atoms with Gasteiger partial charge < -0.3 is 9.26 Å². The molecule has 2 heterocycles. The molecular formula is C13H6F2N2O4. The molecule has 1 aliphatic rings. The lowest BCUT2D eigenvalue weighted by atomic mass is 10.1. The highest BCUT2D eigenvalue weighted by Crippen LogP contribution is 2.33. The quantitative estimate of drug-likeness (QED) is 0.624. The van der Waals surface area contributed by atoms with Crippen molar-refractivity contribution in [2.24, 2.45) is 0 Å². The zero-order valence-corrected chi connectivity index (χ0v) is 10.3. The number of terminal acetylenes is 1. The minimum Gasteiger partial charge on any atom is -0.446 e. The van der Waals surface area contributed by atoms with Gasteiger partial charge in [0.15, 0.2) is 17.9 Å². The van der Waals surface area contributed by atoms with Gasteiger partial charge in [0.1, 0.15) is 12.6 Å². The largest absolute Gasteiger partial charge is 0.446 e. The summed E-state index contributed by atoms with van der Waals surface area (Å²) in [7, 11) is 0. The van der Waals surface area contributed by atoms with Crippen LogP contribution < -0.4 is 4.90 Å². The summed E-state index contributed by atoms with van der Waals surface area (Å²) in [6.45, 7) is -0.0616. The molecule has 1 aliphatic heterocycles. The summed E-state index contributed by atoms with van der Waals surface area (Å²) >= 11 is 0. The van der Waals surface area contributed by atoms with Gasteiger partial charge in [-0.25, -0.2) is 14.1 Å². The van der Waals surface area contributed by atoms with E-state index < -0.39 is 34.9 Å². The number of cyclic esters (lactones) is 1. The summed E-state index contributed by atoms with van der Waals surface area (Å²) in [5, 5.41) is 3.49. The van der Waals surface area contributed by atoms with Crippen LogP contribution >= 0.6 is 0 Å². The Labute approximate surface area is 116 Å². The Morgan fingerprint density at radius 1 is 1.48 bits per heavy atom. The molecule has 8 heteroatoms. The number of benzene rings is 1. The number of carbonyl (C=O) groups excluding carboxylic acids is 2. The van der Waals surface area contributed by atoms with Gasteiger partial charge in [0, 0.05) is 0 Å². The summed E-state index contributed by atoms with van der Waals surface area (Å²) in [6, 6.07) is 0.282. The van der Waals surface area contributed by atoms with Crippen LogP contribution in [0.1, 0.15) is 10.4 Å². The minimum atomic E-state index is -1.36. The molecule has 21 heavy (non-hydrogen) atoms. The first-order chi connectivity index (χ1) is 10.1. The van der Waals surface area contributed by atoms with Crippen molar-refractivity contribution in [3.05, 3.63) is 23.3 Å². The van der Waals surface area contributed by atoms with E-state index in [-0.39, 0.29) is 24.1 Å². The minimum absolute atomic E-state index is 0.0462. The first-order valence-corrected chi connectivity index (χ1v) is 5.73. The maximum atomic E-state index is 13.8. The summed E-state index contributed by atoms with van der Waals surface area (Å²) in [6.07, 6.45) is 4.64. The second-order valence-corrected chi connectivity index (χ2v) is 4.22. The molecule has 0 spiro atoms. The molecule has 0 unspecified atom stereocenters. The van der Waals surface area contributed by atoms with Crippen molar-refractivity contribution in [1.82, 2.24) is 5.16 Å². The lowest BCUT2D eigenvalue weighted by Crippen LogP contribution is -2.32. The first kappa shape index (κ1) is 13.1. The molecule has 106 valence electrons. The number of fused-ring (bicyclic) bond motifs is 1. The van der Waals surface area contributed by atoms with Crippen molar-refractivity contribution in [2.45, 2.75) is 6.04 Å². The number of ether oxygens (including phenoxy) is 1. The van der Waals surface area contributed by atoms with Crippen LogP contribution in [-0.4, -0.2) is 30.2 Å². The Hall–Kier alpha value is -2.95. The maximum Gasteiger partial charge on any atom is 0.416 e. The van der Waals surface area contributed by atoms with Gasteiger partial charge >= 0.3 is 6.09 Å². The van der Waals surface area contributed by atoms with Crippen LogP contribution in [-0.2, 0) is 4.74 Å². The number of carbonyl (C=O) groups is 2. The van der Waals surface area contributed by atoms with E-state index >= 15 is 0 Å². The van der Waals surface area contributed by atoms with E-state index in [4.69, 9.17) is 15.7 Å². The summed E-state index contributed by atoms with van der Waals surface area (Å²) in [4.78, 5) is 23.4. The predicted molar refractivity (Wildman–Crippen MR) is 65.8 cm³/mol. The molecule has 1 aromatic heterocycles. The van der Waals surface area contributed by atoms with E-state index in [0.29, 0.717) is 0 Å². The van der Waals surface area contributed by atoms with Crippen molar-refractivity contribution < 1.29 is 27.6 Å². The number of hydrogen-bond acceptors (Lipinski definition) is 5. The zero-order valence-electron chi connectivity index (χ0n) is 10.3. The van der Waals surface area contributed by atoms with Gasteiger partial charge in [0.2, 0.25) is 11.4 Å². The Kier molecular flexibility index (Phi) is 2.83. The number of nitrogens with zero attached hydrogens (tertiary/aromatic N) is 2. The van der Waals surface area contributed by atoms with Crippen LogP contribution in [0, 0.1) is 24.0 Å². The third kappa shape index (κ3) is 1.74. The molecule has 6 nitrogen and oxygen atoms in total. The molecule has 1 fully saturated rings. The number of halogens is 2. The van der Waals surface area contributed by atoms with E-state index in [9.17, 15) is 18.4 Å². The summed E-state index contributed by atoms with van der Waals surface area (Å²) < 4.78 is 36.8. The predicted octanol–water partition coefficient (Wildman–Crippen LogP) is 1.88. The molecule has 1 atom stereocenters. The fraction of sp³-hybridized carbons (Fsp3) is 0.154. The van der Waals surface area contributed by atoms with Gasteiger partial charge in [-0.2, -0.15) is 4.39 Å². The highest BCUT2D eigenvalue weighted by Gasteiger charge is 2.37. The number of rotatable bonds is 2. The second kappa shape index (κ2) is 4.56. The molecule has 1 saturated heterocycles. The molecule has 2 aromatic rings. The Morgan fingerprint density at radius 3 is 2.90 bits per heavy atom. The standard InChI is InChI=1S/C13H6F2N2O4/c1-2-7-5-20-13(19)17(7)12-8-3-6(4-18)9(14)10(15)11(8)21-16-12/h1,3-4,7H,5H2/t7-/m0/s1. The van der Waals surface area contributed by atoms with Gasteiger partial charge in [-0.05, 0) is 6.07 Å². The SMILES string of the molecule is C#C[C@H]1COC(=O)N1c1noc2c(F)c(F)c(C=O)cc12. The summed E-state index contributed by atoms with van der Waals surface area (Å²) in [5.74, 6) is -0.526. The molecular weight excluding hydrogens is 286 g/mol. The third-order valence-corrected chi connectivity index (χ3v) is 3.07. The molecule has 0 saturated carbocycles. The van der Waals surface area contributed by atoms with Crippen molar-refractivity contribution in [3.63, 3.8) is 0 Å². The van der Waals surface area contributed by atoms with E-state index in [1.807, 2.05) is 0 Å². The Morgan fingerprint density at radius 2 is 2.24 bits per heavy atom. The van der Waals surface area contributed by atoms with E-state index in [1.165, 1.54) is 0 Å². The number of aromatic nitrogens is 1. The van der Waals surface area contributed by atoms with Crippen LogP contribution in [0.4, 0.5) is 19.4 Å². The average molecular weight is 292 g/mol. The highest BCUT2D eigenvalue weighted by molar-refractivity contribution is 6.01. The van der Waals surface area contributed by atoms with E-state index in [1.54, 1.807) is 0 Å². The van der Waals surface area contributed by atoms with Gasteiger partial charge in [-0.3, -0.25) is 4.79 Å². The molecule has 0 aliphatic carbocycles. The number of aldehydes is 1. The Balaban J connectivity index is 2.25. The maximum absolute atomic E-state index is 13.8. The molecule has 0 radical (unpaired) electrons. The molecule has 3 rings (SSSR count). The van der Waals surface area contributed by atoms with Gasteiger partial charge in [-0.1, -0.05) is 11.1 Å². The summed E-state index contributed by atoms with van der Waals surface area (Å²) in [5.41, 5.74) is -1.03. The van der Waals surface area contributed by atoms with Crippen molar-refractivity contribution in [3.8, 4) is 12.3 Å². The van der Waals surface area contributed by atoms with Crippen LogP contribution in [0.15, 0.2) is 10.6 Å². The highest BCUT2D eigenvalue weighted by atomic mass is 19.2. The number of hydrogen-bond donors (Lipinski definition) is 0. The van der Waals surface area contributed by atoms with Crippen molar-refractivity contribution >= 4 is 29.2 Å². The van der Waals surface area contributed by atoms with Crippen LogP contribution in [0.5, 0.6) is 0 Å². The van der Waals surface area contributed by atoms with Gasteiger partial charge in [-0.15, -0.1) is 6.42 Å². The van der Waals surface area contributed by atoms with Crippen LogP contribution in [0.3, 0.4) is 0 Å². The normalized spacial score (nSPS) is 17.9. The second-order valence-electron chi connectivity index (χ2n) is 4.22. The third-order valence-electron chi connectivity index (χ3n) is 3.07. The average Bonchev–Trinajstić information content (AvgIpc) is 3.05. The monoisotopic (exact) mass is 292 g/mol. The molecule has 0 N–H and O–H groups in total. The fourth-order valence-corrected chi connectivity index (χ4v) is 2.06. The number of anilines is 1. The van der Waals surface area contributed by atoms with Gasteiger partial charge in [0.05, 0.1) is 10.9 Å². The molecule has 0 bridgehead atoms. The molecule has 1 amide bonds. The number of amides is 1. The van der Waals surface area contributed by atoms with Gasteiger partial charge in [0.25, 0.3) is 0 Å². The van der Waals surface area contributed by atoms with Crippen molar-refractivity contribution in [2.75, 3.05) is 11.5 Å². The lowest BCUT2D eigenvalue weighted by Gasteiger charge is -2.13. The lowest BCUT2D eigenvalue weighted by molar-refractivity contribution is 0.111. The van der Waals surface area contributed by atoms with E-state index in [0.717, 1.165) is 11.0 Å². The van der Waals surface area contributed by atoms with Crippen molar-refractivity contribution in [1.29, 1.82) is 0 Å².